The third-order valence-electron chi connectivity index (χ3n) is 2.28. The molecule has 1 aromatic heterocycles. The summed E-state index contributed by atoms with van der Waals surface area (Å²) in [5, 5.41) is 2.71. The summed E-state index contributed by atoms with van der Waals surface area (Å²) in [7, 11) is 3.05. The molecule has 6 heteroatoms. The van der Waals surface area contributed by atoms with Gasteiger partial charge in [0.2, 0.25) is 0 Å². The van der Waals surface area contributed by atoms with Crippen LogP contribution >= 0.6 is 0 Å². The Morgan fingerprint density at radius 2 is 2.00 bits per heavy atom. The van der Waals surface area contributed by atoms with Crippen molar-refractivity contribution in [2.24, 2.45) is 7.05 Å². The highest BCUT2D eigenvalue weighted by molar-refractivity contribution is 5.60. The lowest BCUT2D eigenvalue weighted by Crippen LogP contribution is -2.40. The van der Waals surface area contributed by atoms with Crippen molar-refractivity contribution in [1.29, 1.82) is 0 Å². The van der Waals surface area contributed by atoms with E-state index in [0.717, 1.165) is 11.0 Å². The first-order valence-corrected chi connectivity index (χ1v) is 4.81. The number of hydrogen-bond acceptors (Lipinski definition) is 4. The Morgan fingerprint density at radius 3 is 2.47 bits per heavy atom. The maximum absolute atomic E-state index is 11.7. The molecule has 0 unspecified atom stereocenters. The molecule has 0 radical (unpaired) electrons. The van der Waals surface area contributed by atoms with Crippen molar-refractivity contribution in [3.05, 3.63) is 20.8 Å². The third kappa shape index (κ3) is 1.74. The molecule has 1 rings (SSSR count). The van der Waals surface area contributed by atoms with Gasteiger partial charge in [-0.2, -0.15) is 0 Å². The summed E-state index contributed by atoms with van der Waals surface area (Å²) in [6.07, 6.45) is 0.783. The molecule has 1 heterocycles. The Kier molecular flexibility index (Phi) is 3.18. The van der Waals surface area contributed by atoms with Gasteiger partial charge in [0.25, 0.3) is 5.56 Å². The highest BCUT2D eigenvalue weighted by atomic mass is 16.2. The average molecular weight is 212 g/mol. The smallest absolute Gasteiger partial charge is 0.332 e. The molecular formula is C9H16N4O2. The van der Waals surface area contributed by atoms with Crippen molar-refractivity contribution in [2.75, 3.05) is 18.1 Å². The Balaban J connectivity index is 3.61. The Labute approximate surface area is 87.3 Å². The molecule has 0 aromatic carbocycles. The van der Waals surface area contributed by atoms with Crippen LogP contribution in [0.4, 0.5) is 11.5 Å². The Bertz CT molecular complexity index is 472. The standard InChI is InChI=1S/C9H16N4O2/c1-4-5-13-7(10)6(11-2)8(14)12(3)9(13)15/h11H,4-5,10H2,1-3H3. The molecule has 0 saturated heterocycles. The van der Waals surface area contributed by atoms with Crippen LogP contribution in [0.1, 0.15) is 13.3 Å². The molecule has 0 saturated carbocycles. The van der Waals surface area contributed by atoms with Crippen LogP contribution in [-0.4, -0.2) is 16.2 Å². The van der Waals surface area contributed by atoms with E-state index in [4.69, 9.17) is 5.73 Å². The second-order valence-electron chi connectivity index (χ2n) is 3.31. The molecule has 15 heavy (non-hydrogen) atoms. The number of nitrogen functional groups attached to an aromatic ring is 1. The largest absolute Gasteiger partial charge is 0.383 e. The van der Waals surface area contributed by atoms with Gasteiger partial charge >= 0.3 is 5.69 Å². The van der Waals surface area contributed by atoms with Gasteiger partial charge in [-0.3, -0.25) is 13.9 Å². The number of nitrogens with two attached hydrogens (primary N) is 1. The topological polar surface area (TPSA) is 82.0 Å². The monoisotopic (exact) mass is 212 g/mol. The second-order valence-corrected chi connectivity index (χ2v) is 3.31. The van der Waals surface area contributed by atoms with Crippen molar-refractivity contribution in [2.45, 2.75) is 19.9 Å². The molecule has 6 nitrogen and oxygen atoms in total. The lowest BCUT2D eigenvalue weighted by Gasteiger charge is -2.13. The number of nitrogens with zero attached hydrogens (tertiary/aromatic N) is 2. The van der Waals surface area contributed by atoms with Gasteiger partial charge in [0.05, 0.1) is 0 Å². The quantitative estimate of drug-likeness (QED) is 0.713. The zero-order valence-electron chi connectivity index (χ0n) is 9.20. The highest BCUT2D eigenvalue weighted by Gasteiger charge is 2.12. The average Bonchev–Trinajstić information content (AvgIpc) is 2.22. The van der Waals surface area contributed by atoms with E-state index in [1.54, 1.807) is 7.05 Å². The summed E-state index contributed by atoms with van der Waals surface area (Å²) in [5.41, 5.74) is 5.23. The van der Waals surface area contributed by atoms with E-state index in [1.807, 2.05) is 6.92 Å². The van der Waals surface area contributed by atoms with Crippen LogP contribution in [-0.2, 0) is 13.6 Å². The molecule has 84 valence electrons. The third-order valence-corrected chi connectivity index (χ3v) is 2.28. The second kappa shape index (κ2) is 4.20. The van der Waals surface area contributed by atoms with E-state index in [1.165, 1.54) is 11.6 Å². The van der Waals surface area contributed by atoms with Crippen LogP contribution in [0.3, 0.4) is 0 Å². The number of rotatable bonds is 3. The fourth-order valence-corrected chi connectivity index (χ4v) is 1.46. The first-order chi connectivity index (χ1) is 7.04. The van der Waals surface area contributed by atoms with Crippen LogP contribution in [0.15, 0.2) is 9.59 Å². The normalized spacial score (nSPS) is 10.3. The van der Waals surface area contributed by atoms with Gasteiger partial charge in [-0.05, 0) is 6.42 Å². The molecule has 0 atom stereocenters. The van der Waals surface area contributed by atoms with Crippen LogP contribution in [0.2, 0.25) is 0 Å². The van der Waals surface area contributed by atoms with Crippen molar-refractivity contribution in [1.82, 2.24) is 9.13 Å². The van der Waals surface area contributed by atoms with Gasteiger partial charge < -0.3 is 11.1 Å². The summed E-state index contributed by atoms with van der Waals surface area (Å²) in [4.78, 5) is 23.3. The number of hydrogen-bond donors (Lipinski definition) is 2. The lowest BCUT2D eigenvalue weighted by atomic mass is 10.4. The lowest BCUT2D eigenvalue weighted by molar-refractivity contribution is 0.601. The predicted molar refractivity (Wildman–Crippen MR) is 60.2 cm³/mol. The minimum absolute atomic E-state index is 0.201. The molecule has 0 spiro atoms. The van der Waals surface area contributed by atoms with E-state index in [9.17, 15) is 9.59 Å². The van der Waals surface area contributed by atoms with E-state index in [2.05, 4.69) is 5.32 Å². The predicted octanol–water partition coefficient (Wildman–Crippen LogP) is -0.419. The number of anilines is 2. The summed E-state index contributed by atoms with van der Waals surface area (Å²) in [6.45, 7) is 2.45. The minimum atomic E-state index is -0.396. The summed E-state index contributed by atoms with van der Waals surface area (Å²) in [6, 6.07) is 0. The zero-order chi connectivity index (χ0) is 11.6. The van der Waals surface area contributed by atoms with Crippen molar-refractivity contribution in [3.63, 3.8) is 0 Å². The van der Waals surface area contributed by atoms with Crippen molar-refractivity contribution >= 4 is 11.5 Å². The van der Waals surface area contributed by atoms with E-state index in [-0.39, 0.29) is 17.2 Å². The van der Waals surface area contributed by atoms with Crippen LogP contribution in [0, 0.1) is 0 Å². The molecule has 0 amide bonds. The fraction of sp³-hybridized carbons (Fsp3) is 0.556. The van der Waals surface area contributed by atoms with Crippen LogP contribution in [0.25, 0.3) is 0 Å². The first kappa shape index (κ1) is 11.4. The SMILES string of the molecule is CCCn1c(N)c(NC)c(=O)n(C)c1=O. The molecule has 0 bridgehead atoms. The van der Waals surface area contributed by atoms with E-state index in [0.29, 0.717) is 6.54 Å². The first-order valence-electron chi connectivity index (χ1n) is 4.81. The van der Waals surface area contributed by atoms with E-state index < -0.39 is 5.56 Å². The molecular weight excluding hydrogens is 196 g/mol. The molecule has 0 aliphatic heterocycles. The number of nitrogens with one attached hydrogen (secondary N) is 1. The summed E-state index contributed by atoms with van der Waals surface area (Å²) < 4.78 is 2.45. The number of aromatic nitrogens is 2. The molecule has 0 fully saturated rings. The van der Waals surface area contributed by atoms with Crippen LogP contribution in [0.5, 0.6) is 0 Å². The minimum Gasteiger partial charge on any atom is -0.383 e. The fourth-order valence-electron chi connectivity index (χ4n) is 1.46. The van der Waals surface area contributed by atoms with Crippen molar-refractivity contribution < 1.29 is 0 Å². The van der Waals surface area contributed by atoms with Crippen LogP contribution < -0.4 is 22.3 Å². The van der Waals surface area contributed by atoms with E-state index >= 15 is 0 Å². The molecule has 0 aliphatic rings. The Morgan fingerprint density at radius 1 is 1.40 bits per heavy atom. The van der Waals surface area contributed by atoms with Gasteiger partial charge in [-0.1, -0.05) is 6.92 Å². The summed E-state index contributed by atoms with van der Waals surface area (Å²) >= 11 is 0. The highest BCUT2D eigenvalue weighted by Crippen LogP contribution is 2.09. The molecule has 0 aliphatic carbocycles. The van der Waals surface area contributed by atoms with Crippen molar-refractivity contribution in [3.8, 4) is 0 Å². The van der Waals surface area contributed by atoms with Gasteiger partial charge in [0.15, 0.2) is 0 Å². The Hall–Kier alpha value is -1.72. The molecule has 1 aromatic rings. The molecule has 3 N–H and O–H groups in total. The van der Waals surface area contributed by atoms with Gasteiger partial charge in [-0.15, -0.1) is 0 Å². The summed E-state index contributed by atoms with van der Waals surface area (Å²) in [5.74, 6) is 0.201. The van der Waals surface area contributed by atoms with Gasteiger partial charge in [0, 0.05) is 20.6 Å². The van der Waals surface area contributed by atoms with Gasteiger partial charge in [0.1, 0.15) is 11.5 Å². The van der Waals surface area contributed by atoms with Gasteiger partial charge in [-0.25, -0.2) is 4.79 Å². The zero-order valence-corrected chi connectivity index (χ0v) is 9.20. The maximum Gasteiger partial charge on any atom is 0.332 e. The maximum atomic E-state index is 11.7.